The smallest absolute Gasteiger partial charge is 0.318 e. The predicted octanol–water partition coefficient (Wildman–Crippen LogP) is 3.77. The molecule has 10 nitrogen and oxygen atoms in total. The molecule has 0 bridgehead atoms. The highest BCUT2D eigenvalue weighted by atomic mass is 16.8. The van der Waals surface area contributed by atoms with Crippen molar-refractivity contribution < 1.29 is 39.3 Å². The maximum atomic E-state index is 13.3. The molecule has 1 saturated heterocycles. The maximum absolute atomic E-state index is 13.3. The standard InChI is InChI=1S/C30H26N2O8/c1-38-32(37)21-4-2-3-20(16-21)31-28(34)24-14-9-19(15-25(24)29(31)35)26(33)17-5-10-22(11-6-17)39-23-12-7-18(8-13-23)27-30(36)40-27/h2-8,10-13,16,19,27,30,36H,9,14-15H2,1H3,(H-,34,35)/p-1. The average Bonchev–Trinajstić information content (AvgIpc) is 3.67. The molecule has 1 aromatic heterocycles. The van der Waals surface area contributed by atoms with Gasteiger partial charge < -0.3 is 29.4 Å². The van der Waals surface area contributed by atoms with Gasteiger partial charge in [0, 0.05) is 23.6 Å². The molecule has 0 radical (unpaired) electrons. The van der Waals surface area contributed by atoms with Crippen LogP contribution in [-0.2, 0) is 22.4 Å². The quantitative estimate of drug-likeness (QED) is 0.202. The van der Waals surface area contributed by atoms with Crippen molar-refractivity contribution in [1.82, 2.24) is 4.57 Å². The van der Waals surface area contributed by atoms with E-state index in [0.717, 1.165) is 10.1 Å². The van der Waals surface area contributed by atoms with Gasteiger partial charge in [-0.25, -0.2) is 4.84 Å². The zero-order chi connectivity index (χ0) is 28.0. The summed E-state index contributed by atoms with van der Waals surface area (Å²) in [7, 11) is 1.22. The van der Waals surface area contributed by atoms with Gasteiger partial charge in [0.15, 0.2) is 19.2 Å². The normalized spacial score (nSPS) is 19.5. The number of hydrogen-bond acceptors (Lipinski definition) is 8. The fourth-order valence-electron chi connectivity index (χ4n) is 5.20. The SMILES string of the molecule is CO[N+](=O)c1cccc(-n2c([O-])c3c(c2[O-])CC(C(=O)c2ccc(Oc4ccc(C5OC5O)cc4)cc2)CC3)c1. The Bertz CT molecular complexity index is 1590. The van der Waals surface area contributed by atoms with Gasteiger partial charge >= 0.3 is 5.69 Å². The summed E-state index contributed by atoms with van der Waals surface area (Å²) < 4.78 is 12.0. The summed E-state index contributed by atoms with van der Waals surface area (Å²) >= 11 is 0. The van der Waals surface area contributed by atoms with E-state index in [9.17, 15) is 25.0 Å². The minimum absolute atomic E-state index is 0.103. The van der Waals surface area contributed by atoms with E-state index < -0.39 is 24.0 Å². The van der Waals surface area contributed by atoms with Gasteiger partial charge in [-0.05, 0) is 90.2 Å². The first-order chi connectivity index (χ1) is 19.3. The number of ether oxygens (including phenoxy) is 2. The Morgan fingerprint density at radius 3 is 2.30 bits per heavy atom. The lowest BCUT2D eigenvalue weighted by Crippen LogP contribution is -2.23. The second-order valence-corrected chi connectivity index (χ2v) is 9.81. The number of hydrogen-bond donors (Lipinski definition) is 1. The summed E-state index contributed by atoms with van der Waals surface area (Å²) in [5, 5.41) is 35.8. The Labute approximate surface area is 229 Å². The Kier molecular flexibility index (Phi) is 6.49. The lowest BCUT2D eigenvalue weighted by molar-refractivity contribution is -0.736. The topological polar surface area (TPSA) is 139 Å². The van der Waals surface area contributed by atoms with E-state index in [2.05, 4.69) is 4.84 Å². The van der Waals surface area contributed by atoms with Crippen LogP contribution in [0.2, 0.25) is 0 Å². The molecule has 0 spiro atoms. The van der Waals surface area contributed by atoms with Gasteiger partial charge in [-0.3, -0.25) is 4.79 Å². The number of rotatable bonds is 8. The molecule has 3 aromatic carbocycles. The van der Waals surface area contributed by atoms with Crippen LogP contribution >= 0.6 is 0 Å². The third kappa shape index (κ3) is 4.67. The molecular weight excluding hydrogens is 516 g/mol. The van der Waals surface area contributed by atoms with E-state index in [-0.39, 0.29) is 29.7 Å². The summed E-state index contributed by atoms with van der Waals surface area (Å²) in [6.07, 6.45) is -0.0988. The van der Waals surface area contributed by atoms with Crippen LogP contribution < -0.4 is 14.9 Å². The fraction of sp³-hybridized carbons (Fsp3) is 0.233. The van der Waals surface area contributed by atoms with E-state index in [4.69, 9.17) is 9.47 Å². The number of aliphatic hydroxyl groups excluding tert-OH is 1. The van der Waals surface area contributed by atoms with Crippen LogP contribution in [0.25, 0.3) is 5.69 Å². The Balaban J connectivity index is 1.16. The molecule has 2 heterocycles. The average molecular weight is 542 g/mol. The van der Waals surface area contributed by atoms with Gasteiger partial charge in [-0.2, -0.15) is 0 Å². The van der Waals surface area contributed by atoms with E-state index in [1.165, 1.54) is 19.2 Å². The molecule has 10 heteroatoms. The number of epoxide rings is 1. The van der Waals surface area contributed by atoms with Crippen molar-refractivity contribution in [3.63, 3.8) is 0 Å². The molecule has 2 aliphatic rings. The Morgan fingerprint density at radius 1 is 1.00 bits per heavy atom. The molecule has 204 valence electrons. The van der Waals surface area contributed by atoms with E-state index >= 15 is 0 Å². The molecule has 1 aliphatic heterocycles. The Hall–Kier alpha value is -4.67. The lowest BCUT2D eigenvalue weighted by atomic mass is 9.81. The van der Waals surface area contributed by atoms with Gasteiger partial charge in [0.2, 0.25) is 0 Å². The summed E-state index contributed by atoms with van der Waals surface area (Å²) in [5.41, 5.74) is 2.54. The molecule has 1 fully saturated rings. The number of aromatic nitrogens is 1. The van der Waals surface area contributed by atoms with Crippen LogP contribution in [-0.4, -0.2) is 33.8 Å². The van der Waals surface area contributed by atoms with Gasteiger partial charge in [0.05, 0.1) is 10.6 Å². The third-order valence-corrected chi connectivity index (χ3v) is 7.37. The number of fused-ring (bicyclic) bond motifs is 1. The largest absolute Gasteiger partial charge is 0.860 e. The minimum atomic E-state index is -0.751. The number of ketones is 1. The van der Waals surface area contributed by atoms with Crippen molar-refractivity contribution in [2.45, 2.75) is 31.7 Å². The van der Waals surface area contributed by atoms with Crippen LogP contribution in [0.3, 0.4) is 0 Å². The highest BCUT2D eigenvalue weighted by Gasteiger charge is 2.38. The molecule has 1 aliphatic carbocycles. The van der Waals surface area contributed by atoms with Crippen LogP contribution in [0.1, 0.15) is 39.6 Å². The molecule has 4 aromatic rings. The predicted molar refractivity (Wildman–Crippen MR) is 138 cm³/mol. The number of carbonyl (C=O) groups excluding carboxylic acids is 1. The minimum Gasteiger partial charge on any atom is -0.860 e. The monoisotopic (exact) mass is 541 g/mol. The summed E-state index contributed by atoms with van der Waals surface area (Å²) in [6.45, 7) is 0. The summed E-state index contributed by atoms with van der Waals surface area (Å²) in [4.78, 5) is 30.1. The number of carbonyl (C=O) groups is 1. The van der Waals surface area contributed by atoms with Crippen LogP contribution in [0.15, 0.2) is 72.8 Å². The first kappa shape index (κ1) is 25.6. The van der Waals surface area contributed by atoms with Crippen molar-refractivity contribution in [1.29, 1.82) is 0 Å². The molecule has 3 atom stereocenters. The maximum Gasteiger partial charge on any atom is 0.318 e. The molecule has 6 rings (SSSR count). The summed E-state index contributed by atoms with van der Waals surface area (Å²) in [5.74, 6) is -0.273. The third-order valence-electron chi connectivity index (χ3n) is 7.37. The Morgan fingerprint density at radius 2 is 1.65 bits per heavy atom. The lowest BCUT2D eigenvalue weighted by Gasteiger charge is -2.24. The van der Waals surface area contributed by atoms with Gasteiger partial charge in [0.25, 0.3) is 4.92 Å². The molecule has 1 N–H and O–H groups in total. The first-order valence-corrected chi connectivity index (χ1v) is 12.8. The second kappa shape index (κ2) is 10.1. The number of Topliss-reactive ketones (excluding diaryl/α,β-unsaturated/α-hetero) is 1. The number of nitrogens with zero attached hydrogens (tertiary/aromatic N) is 2. The van der Waals surface area contributed by atoms with Crippen molar-refractivity contribution in [3.05, 3.63) is 100.0 Å². The molecule has 0 saturated carbocycles. The van der Waals surface area contributed by atoms with Crippen molar-refractivity contribution in [3.8, 4) is 28.9 Å². The first-order valence-electron chi connectivity index (χ1n) is 12.8. The van der Waals surface area contributed by atoms with Crippen molar-refractivity contribution >= 4 is 11.5 Å². The van der Waals surface area contributed by atoms with Crippen molar-refractivity contribution in [2.75, 3.05) is 7.11 Å². The van der Waals surface area contributed by atoms with Crippen LogP contribution in [0, 0.1) is 10.8 Å². The fourth-order valence-corrected chi connectivity index (χ4v) is 5.20. The van der Waals surface area contributed by atoms with Gasteiger partial charge in [-0.1, -0.05) is 18.2 Å². The van der Waals surface area contributed by atoms with E-state index in [1.54, 1.807) is 48.5 Å². The van der Waals surface area contributed by atoms with E-state index in [1.807, 2.05) is 12.1 Å². The highest BCUT2D eigenvalue weighted by molar-refractivity contribution is 5.98. The molecule has 3 unspecified atom stereocenters. The molecular formula is C30H25N2O8-. The zero-order valence-corrected chi connectivity index (χ0v) is 21.5. The van der Waals surface area contributed by atoms with Crippen LogP contribution in [0.4, 0.5) is 5.69 Å². The number of aliphatic hydroxyl groups is 1. The van der Waals surface area contributed by atoms with E-state index in [0.29, 0.717) is 46.0 Å². The summed E-state index contributed by atoms with van der Waals surface area (Å²) in [6, 6.07) is 20.1. The van der Waals surface area contributed by atoms with Crippen LogP contribution in [0.5, 0.6) is 23.3 Å². The zero-order valence-electron chi connectivity index (χ0n) is 21.5. The van der Waals surface area contributed by atoms with Crippen molar-refractivity contribution in [2.24, 2.45) is 5.92 Å². The highest BCUT2D eigenvalue weighted by Crippen LogP contribution is 2.41. The van der Waals surface area contributed by atoms with Gasteiger partial charge in [0.1, 0.15) is 17.6 Å². The van der Waals surface area contributed by atoms with Gasteiger partial charge in [-0.15, -0.1) is 0 Å². The molecule has 40 heavy (non-hydrogen) atoms. The molecule has 0 amide bonds. The number of benzene rings is 3. The second-order valence-electron chi connectivity index (χ2n) is 9.81.